The standard InChI is InChI=1S/C24H23FN6OS/c25-16-3-1-4-17(13-16)26-23-22-18(8-12-33-22)27-24(28-23)31-9-6-15(7-10-31)19-14-20(30-29-19)21-5-2-11-32-21/h1-5,11,13-15H,6-10,12H2,(H,29,30)(H,26,27,28). The van der Waals surface area contributed by atoms with Gasteiger partial charge in [0, 0.05) is 42.6 Å². The molecule has 1 aromatic carbocycles. The lowest BCUT2D eigenvalue weighted by Crippen LogP contribution is -2.34. The molecule has 0 atom stereocenters. The number of nitrogens with one attached hydrogen (secondary N) is 2. The maximum absolute atomic E-state index is 13.7. The van der Waals surface area contributed by atoms with Crippen LogP contribution in [0.2, 0.25) is 0 Å². The summed E-state index contributed by atoms with van der Waals surface area (Å²) < 4.78 is 19.1. The number of H-pyrrole nitrogens is 1. The molecule has 4 aromatic rings. The van der Waals surface area contributed by atoms with Gasteiger partial charge in [0.05, 0.1) is 16.9 Å². The number of aromatic amines is 1. The molecular weight excluding hydrogens is 439 g/mol. The fourth-order valence-corrected chi connectivity index (χ4v) is 5.52. The smallest absolute Gasteiger partial charge is 0.227 e. The third kappa shape index (κ3) is 4.08. The fraction of sp³-hybridized carbons (Fsp3) is 0.292. The molecule has 9 heteroatoms. The molecule has 5 heterocycles. The zero-order valence-electron chi connectivity index (χ0n) is 17.9. The molecule has 168 valence electrons. The summed E-state index contributed by atoms with van der Waals surface area (Å²) >= 11 is 1.75. The van der Waals surface area contributed by atoms with Crippen molar-refractivity contribution in [3.05, 3.63) is 65.9 Å². The molecule has 0 unspecified atom stereocenters. The minimum absolute atomic E-state index is 0.269. The molecule has 1 saturated heterocycles. The first-order valence-corrected chi connectivity index (χ1v) is 12.1. The van der Waals surface area contributed by atoms with Crippen LogP contribution in [0, 0.1) is 5.82 Å². The molecule has 0 spiro atoms. The molecule has 0 saturated carbocycles. The van der Waals surface area contributed by atoms with Gasteiger partial charge in [-0.1, -0.05) is 6.07 Å². The second kappa shape index (κ2) is 8.55. The summed E-state index contributed by atoms with van der Waals surface area (Å²) in [4.78, 5) is 13.1. The Morgan fingerprint density at radius 2 is 2.03 bits per heavy atom. The monoisotopic (exact) mass is 462 g/mol. The Bertz CT molecular complexity index is 1270. The molecule has 6 rings (SSSR count). The van der Waals surface area contributed by atoms with Crippen molar-refractivity contribution in [2.24, 2.45) is 0 Å². The van der Waals surface area contributed by atoms with Crippen LogP contribution in [0.25, 0.3) is 11.5 Å². The number of rotatable bonds is 5. The largest absolute Gasteiger partial charge is 0.463 e. The quantitative estimate of drug-likeness (QED) is 0.412. The van der Waals surface area contributed by atoms with Crippen LogP contribution in [0.4, 0.5) is 21.8 Å². The maximum Gasteiger partial charge on any atom is 0.227 e. The second-order valence-electron chi connectivity index (χ2n) is 8.33. The van der Waals surface area contributed by atoms with E-state index in [-0.39, 0.29) is 5.82 Å². The van der Waals surface area contributed by atoms with Crippen molar-refractivity contribution < 1.29 is 8.81 Å². The molecule has 1 fully saturated rings. The van der Waals surface area contributed by atoms with E-state index in [4.69, 9.17) is 14.4 Å². The summed E-state index contributed by atoms with van der Waals surface area (Å²) in [6, 6.07) is 12.4. The summed E-state index contributed by atoms with van der Waals surface area (Å²) in [7, 11) is 0. The van der Waals surface area contributed by atoms with E-state index in [0.717, 1.165) is 77.6 Å². The zero-order chi connectivity index (χ0) is 22.2. The van der Waals surface area contributed by atoms with Crippen molar-refractivity contribution in [2.45, 2.75) is 30.1 Å². The van der Waals surface area contributed by atoms with Gasteiger partial charge in [-0.05, 0) is 49.2 Å². The van der Waals surface area contributed by atoms with E-state index in [1.165, 1.54) is 12.1 Å². The normalized spacial score (nSPS) is 16.2. The number of aryl methyl sites for hydroxylation is 1. The van der Waals surface area contributed by atoms with Gasteiger partial charge in [0.1, 0.15) is 17.3 Å². The highest BCUT2D eigenvalue weighted by molar-refractivity contribution is 7.99. The first-order chi connectivity index (χ1) is 16.2. The molecule has 2 aliphatic heterocycles. The minimum atomic E-state index is -0.269. The summed E-state index contributed by atoms with van der Waals surface area (Å²) in [5.41, 5.74) is 3.74. The number of fused-ring (bicyclic) bond motifs is 1. The third-order valence-corrected chi connectivity index (χ3v) is 7.31. The van der Waals surface area contributed by atoms with Crippen LogP contribution in [0.3, 0.4) is 0 Å². The Morgan fingerprint density at radius 3 is 2.85 bits per heavy atom. The number of benzene rings is 1. The fourth-order valence-electron chi connectivity index (χ4n) is 4.47. The van der Waals surface area contributed by atoms with Gasteiger partial charge in [-0.3, -0.25) is 5.10 Å². The number of hydrogen-bond donors (Lipinski definition) is 2. The lowest BCUT2D eigenvalue weighted by atomic mass is 9.93. The number of nitrogens with zero attached hydrogens (tertiary/aromatic N) is 4. The average molecular weight is 463 g/mol. The van der Waals surface area contributed by atoms with Gasteiger partial charge in [-0.25, -0.2) is 9.37 Å². The van der Waals surface area contributed by atoms with E-state index < -0.39 is 0 Å². The summed E-state index contributed by atoms with van der Waals surface area (Å²) in [6.45, 7) is 1.73. The first-order valence-electron chi connectivity index (χ1n) is 11.1. The molecule has 7 nitrogen and oxygen atoms in total. The number of furan rings is 1. The molecule has 2 N–H and O–H groups in total. The Balaban J connectivity index is 1.19. The van der Waals surface area contributed by atoms with Crippen LogP contribution in [-0.4, -0.2) is 39.0 Å². The van der Waals surface area contributed by atoms with Gasteiger partial charge in [0.25, 0.3) is 0 Å². The first kappa shape index (κ1) is 20.3. The highest BCUT2D eigenvalue weighted by Gasteiger charge is 2.27. The minimum Gasteiger partial charge on any atom is -0.463 e. The van der Waals surface area contributed by atoms with E-state index >= 15 is 0 Å². The lowest BCUT2D eigenvalue weighted by molar-refractivity contribution is 0.489. The van der Waals surface area contributed by atoms with Crippen molar-refractivity contribution in [1.82, 2.24) is 20.2 Å². The van der Waals surface area contributed by atoms with Crippen LogP contribution >= 0.6 is 11.8 Å². The topological polar surface area (TPSA) is 82.9 Å². The van der Waals surface area contributed by atoms with Gasteiger partial charge >= 0.3 is 0 Å². The average Bonchev–Trinajstić information content (AvgIpc) is 3.60. The van der Waals surface area contributed by atoms with E-state index in [2.05, 4.69) is 26.5 Å². The van der Waals surface area contributed by atoms with Crippen LogP contribution < -0.4 is 10.2 Å². The molecule has 0 aliphatic carbocycles. The third-order valence-electron chi connectivity index (χ3n) is 6.19. The molecule has 0 amide bonds. The summed E-state index contributed by atoms with van der Waals surface area (Å²) in [5.74, 6) is 3.42. The van der Waals surface area contributed by atoms with Crippen molar-refractivity contribution in [2.75, 3.05) is 29.1 Å². The lowest BCUT2D eigenvalue weighted by Gasteiger charge is -2.32. The highest BCUT2D eigenvalue weighted by atomic mass is 32.2. The maximum atomic E-state index is 13.7. The molecule has 33 heavy (non-hydrogen) atoms. The van der Waals surface area contributed by atoms with Gasteiger partial charge < -0.3 is 14.6 Å². The second-order valence-corrected chi connectivity index (χ2v) is 9.43. The number of hydrogen-bond acceptors (Lipinski definition) is 7. The number of thioether (sulfide) groups is 1. The predicted molar refractivity (Wildman–Crippen MR) is 127 cm³/mol. The van der Waals surface area contributed by atoms with Crippen molar-refractivity contribution in [3.63, 3.8) is 0 Å². The van der Waals surface area contributed by atoms with Crippen LogP contribution in [0.15, 0.2) is 58.0 Å². The number of halogens is 1. The number of piperidine rings is 1. The van der Waals surface area contributed by atoms with Crippen molar-refractivity contribution >= 4 is 29.2 Å². The van der Waals surface area contributed by atoms with E-state index in [9.17, 15) is 4.39 Å². The Hall–Kier alpha value is -3.33. The summed E-state index contributed by atoms with van der Waals surface area (Å²) in [6.07, 6.45) is 4.56. The van der Waals surface area contributed by atoms with Crippen molar-refractivity contribution in [3.8, 4) is 11.5 Å². The predicted octanol–water partition coefficient (Wildman–Crippen LogP) is 5.37. The summed E-state index contributed by atoms with van der Waals surface area (Å²) in [5, 5.41) is 10.9. The Morgan fingerprint density at radius 1 is 1.12 bits per heavy atom. The van der Waals surface area contributed by atoms with Gasteiger partial charge in [-0.2, -0.15) is 10.1 Å². The van der Waals surface area contributed by atoms with Crippen LogP contribution in [0.5, 0.6) is 0 Å². The zero-order valence-corrected chi connectivity index (χ0v) is 18.7. The Labute approximate surface area is 194 Å². The Kier molecular flexibility index (Phi) is 5.26. The van der Waals surface area contributed by atoms with Gasteiger partial charge in [-0.15, -0.1) is 11.8 Å². The molecule has 0 radical (unpaired) electrons. The van der Waals surface area contributed by atoms with Gasteiger partial charge in [0.2, 0.25) is 5.95 Å². The molecular formula is C24H23FN6OS. The number of aromatic nitrogens is 4. The SMILES string of the molecule is Fc1cccc(Nc2nc(N3CCC(c4cc(-c5ccco5)n[nH]4)CC3)nc3c2SCC3)c1. The molecule has 0 bridgehead atoms. The van der Waals surface area contributed by atoms with Crippen molar-refractivity contribution in [1.29, 1.82) is 0 Å². The van der Waals surface area contributed by atoms with Gasteiger partial charge in [0.15, 0.2) is 5.76 Å². The van der Waals surface area contributed by atoms with E-state index in [1.54, 1.807) is 24.1 Å². The van der Waals surface area contributed by atoms with E-state index in [0.29, 0.717) is 11.6 Å². The van der Waals surface area contributed by atoms with E-state index in [1.807, 2.05) is 18.2 Å². The van der Waals surface area contributed by atoms with Crippen LogP contribution in [-0.2, 0) is 6.42 Å². The molecule has 3 aromatic heterocycles. The highest BCUT2D eigenvalue weighted by Crippen LogP contribution is 2.39. The van der Waals surface area contributed by atoms with Crippen LogP contribution in [0.1, 0.15) is 30.1 Å². The number of anilines is 3. The molecule has 2 aliphatic rings.